The molecule has 0 fully saturated rings. The molecule has 1 heterocycles. The topological polar surface area (TPSA) is 186 Å². The lowest BCUT2D eigenvalue weighted by molar-refractivity contribution is -0.121. The van der Waals surface area contributed by atoms with Gasteiger partial charge in [-0.2, -0.15) is 0 Å². The molecule has 0 spiro atoms. The molecule has 0 bridgehead atoms. The molecule has 1 unspecified atom stereocenters. The first-order valence-corrected chi connectivity index (χ1v) is 22.7. The molecule has 5 aromatic carbocycles. The Bertz CT molecular complexity index is 2760. The van der Waals surface area contributed by atoms with Crippen LogP contribution < -0.4 is 28.1 Å². The van der Waals surface area contributed by atoms with Gasteiger partial charge < -0.3 is 14.4 Å². The molecule has 0 aromatic heterocycles. The van der Waals surface area contributed by atoms with Crippen molar-refractivity contribution in [3.63, 3.8) is 0 Å². The summed E-state index contributed by atoms with van der Waals surface area (Å²) in [5.74, 6) is -1.59. The second kappa shape index (κ2) is 16.8. The number of carbonyl (C=O) groups excluding carboxylic acids is 2. The smallest absolute Gasteiger partial charge is 0.267 e. The van der Waals surface area contributed by atoms with Gasteiger partial charge >= 0.3 is 0 Å². The minimum Gasteiger partial charge on any atom is -0.497 e. The molecular weight excluding hydrogens is 817 g/mol. The molecular formula is C42H44N4O10S3. The first kappa shape index (κ1) is 42.7. The van der Waals surface area contributed by atoms with Gasteiger partial charge in [0.05, 0.1) is 29.7 Å². The zero-order valence-corrected chi connectivity index (χ0v) is 35.7. The molecule has 0 radical (unpaired) electrons. The molecule has 6 rings (SSSR count). The van der Waals surface area contributed by atoms with E-state index >= 15 is 0 Å². The molecule has 0 saturated heterocycles. The van der Waals surface area contributed by atoms with Crippen molar-refractivity contribution >= 4 is 53.3 Å². The molecule has 1 aliphatic rings. The highest BCUT2D eigenvalue weighted by atomic mass is 32.2. The fourth-order valence-electron chi connectivity index (χ4n) is 7.42. The van der Waals surface area contributed by atoms with Crippen molar-refractivity contribution in [3.05, 3.63) is 137 Å². The Balaban J connectivity index is 1.46. The number of anilines is 2. The minimum atomic E-state index is -4.58. The molecule has 2 N–H and O–H groups in total. The van der Waals surface area contributed by atoms with E-state index in [0.29, 0.717) is 33.7 Å². The SMILES string of the molecule is COc1cccc(C(C(=O)NS(=O)(=O)c2ccc(C)cc2OC)N2CCc3c2cccc3N(CC(=O)NS(=O)(=O)c2ccccc2)S(=O)(=O)c2c(C)cc(C)cc2C)c1. The summed E-state index contributed by atoms with van der Waals surface area (Å²) < 4.78 is 99.7. The summed E-state index contributed by atoms with van der Waals surface area (Å²) in [5.41, 5.74) is 3.63. The summed E-state index contributed by atoms with van der Waals surface area (Å²) >= 11 is 0. The van der Waals surface area contributed by atoms with Gasteiger partial charge in [0.15, 0.2) is 0 Å². The zero-order chi connectivity index (χ0) is 42.9. The Morgan fingerprint density at radius 2 is 1.41 bits per heavy atom. The van der Waals surface area contributed by atoms with Crippen molar-refractivity contribution in [1.82, 2.24) is 9.44 Å². The maximum absolute atomic E-state index is 14.9. The standard InChI is InChI=1S/C42H44N4O10S3/c1-27-18-19-38(37(24-27)56-6)58(51,52)44-42(48)40(31-12-10-13-32(25-31)55-5)45-21-20-34-35(45)16-11-17-36(34)46(59(53,54)41-29(3)22-28(2)23-30(41)4)26-39(47)43-57(49,50)33-14-8-7-9-15-33/h7-19,22-25,40H,20-21,26H2,1-6H3,(H,43,47)(H,44,48). The van der Waals surface area contributed by atoms with Crippen molar-refractivity contribution in [2.45, 2.75) is 54.8 Å². The number of hydrogen-bond acceptors (Lipinski definition) is 11. The predicted molar refractivity (Wildman–Crippen MR) is 223 cm³/mol. The van der Waals surface area contributed by atoms with Crippen LogP contribution in [0.25, 0.3) is 0 Å². The van der Waals surface area contributed by atoms with E-state index in [-0.39, 0.29) is 39.1 Å². The number of hydrogen-bond donors (Lipinski definition) is 2. The van der Waals surface area contributed by atoms with Crippen LogP contribution in [0, 0.1) is 27.7 Å². The number of benzene rings is 5. The fourth-order valence-corrected chi connectivity index (χ4v) is 11.4. The van der Waals surface area contributed by atoms with Gasteiger partial charge in [-0.3, -0.25) is 13.9 Å². The summed E-state index contributed by atoms with van der Waals surface area (Å²) in [6.45, 7) is 6.06. The van der Waals surface area contributed by atoms with Gasteiger partial charge in [-0.25, -0.2) is 34.7 Å². The summed E-state index contributed by atoms with van der Waals surface area (Å²) in [6, 6.07) is 25.1. The van der Waals surface area contributed by atoms with Gasteiger partial charge in [-0.15, -0.1) is 0 Å². The lowest BCUT2D eigenvalue weighted by atomic mass is 10.0. The second-order valence-electron chi connectivity index (χ2n) is 14.1. The van der Waals surface area contributed by atoms with E-state index < -0.39 is 54.5 Å². The van der Waals surface area contributed by atoms with E-state index in [4.69, 9.17) is 9.47 Å². The Morgan fingerprint density at radius 3 is 2.07 bits per heavy atom. The van der Waals surface area contributed by atoms with Gasteiger partial charge in [0, 0.05) is 17.8 Å². The molecule has 0 saturated carbocycles. The number of rotatable bonds is 14. The van der Waals surface area contributed by atoms with Crippen LogP contribution in [0.1, 0.15) is 39.4 Å². The van der Waals surface area contributed by atoms with Crippen molar-refractivity contribution in [3.8, 4) is 11.5 Å². The highest BCUT2D eigenvalue weighted by Gasteiger charge is 2.39. The number of methoxy groups -OCH3 is 2. The number of aryl methyl sites for hydroxylation is 4. The van der Waals surface area contributed by atoms with Crippen molar-refractivity contribution in [1.29, 1.82) is 0 Å². The lowest BCUT2D eigenvalue weighted by Gasteiger charge is -2.31. The monoisotopic (exact) mass is 860 g/mol. The van der Waals surface area contributed by atoms with Gasteiger partial charge in [0.2, 0.25) is 0 Å². The maximum atomic E-state index is 14.9. The first-order chi connectivity index (χ1) is 27.9. The summed E-state index contributed by atoms with van der Waals surface area (Å²) in [5, 5.41) is 0. The first-order valence-electron chi connectivity index (χ1n) is 18.3. The third kappa shape index (κ3) is 8.77. The number of ether oxygens (including phenoxy) is 2. The number of amides is 2. The quantitative estimate of drug-likeness (QED) is 0.149. The van der Waals surface area contributed by atoms with Crippen LogP contribution in [0.5, 0.6) is 11.5 Å². The molecule has 310 valence electrons. The van der Waals surface area contributed by atoms with Crippen LogP contribution in [0.2, 0.25) is 0 Å². The van der Waals surface area contributed by atoms with Crippen molar-refractivity contribution < 1.29 is 44.3 Å². The van der Waals surface area contributed by atoms with E-state index in [1.54, 1.807) is 86.3 Å². The van der Waals surface area contributed by atoms with Crippen LogP contribution in [-0.4, -0.2) is 64.4 Å². The molecule has 59 heavy (non-hydrogen) atoms. The van der Waals surface area contributed by atoms with Gasteiger partial charge in [0.25, 0.3) is 41.9 Å². The maximum Gasteiger partial charge on any atom is 0.267 e. The number of nitrogens with zero attached hydrogens (tertiary/aromatic N) is 2. The largest absolute Gasteiger partial charge is 0.497 e. The highest BCUT2D eigenvalue weighted by Crippen LogP contribution is 2.43. The third-order valence-electron chi connectivity index (χ3n) is 9.86. The molecule has 1 aliphatic heterocycles. The summed E-state index contributed by atoms with van der Waals surface area (Å²) in [6.07, 6.45) is 0.152. The van der Waals surface area contributed by atoms with E-state index in [1.165, 1.54) is 56.7 Å². The Hall–Kier alpha value is -5.91. The Morgan fingerprint density at radius 1 is 0.729 bits per heavy atom. The molecule has 14 nitrogen and oxygen atoms in total. The zero-order valence-electron chi connectivity index (χ0n) is 33.2. The predicted octanol–water partition coefficient (Wildman–Crippen LogP) is 5.25. The summed E-state index contributed by atoms with van der Waals surface area (Å²) in [7, 11) is -10.7. The lowest BCUT2D eigenvalue weighted by Crippen LogP contribution is -2.43. The van der Waals surface area contributed by atoms with Crippen molar-refractivity contribution in [2.24, 2.45) is 0 Å². The molecule has 1 atom stereocenters. The van der Waals surface area contributed by atoms with Crippen LogP contribution in [0.15, 0.2) is 118 Å². The number of carbonyl (C=O) groups is 2. The van der Waals surface area contributed by atoms with Crippen LogP contribution in [0.4, 0.5) is 11.4 Å². The van der Waals surface area contributed by atoms with Gasteiger partial charge in [-0.1, -0.05) is 60.2 Å². The number of fused-ring (bicyclic) bond motifs is 1. The summed E-state index contributed by atoms with van der Waals surface area (Å²) in [4.78, 5) is 29.3. The van der Waals surface area contributed by atoms with E-state index in [1.807, 2.05) is 11.6 Å². The molecule has 2 amide bonds. The normalized spacial score (nSPS) is 13.3. The number of nitrogens with one attached hydrogen (secondary N) is 2. The molecule has 17 heteroatoms. The van der Waals surface area contributed by atoms with Gasteiger partial charge in [-0.05, 0) is 105 Å². The molecule has 0 aliphatic carbocycles. The average Bonchev–Trinajstić information content (AvgIpc) is 3.60. The van der Waals surface area contributed by atoms with E-state index in [0.717, 1.165) is 15.4 Å². The van der Waals surface area contributed by atoms with Crippen molar-refractivity contribution in [2.75, 3.05) is 36.5 Å². The van der Waals surface area contributed by atoms with E-state index in [2.05, 4.69) is 4.72 Å². The number of sulfonamides is 3. The van der Waals surface area contributed by atoms with Crippen LogP contribution in [-0.2, 0) is 46.1 Å². The minimum absolute atomic E-state index is 0.0420. The van der Waals surface area contributed by atoms with Crippen LogP contribution >= 0.6 is 0 Å². The second-order valence-corrected chi connectivity index (χ2v) is 19.2. The fraction of sp³-hybridized carbons (Fsp3) is 0.238. The Kier molecular flexibility index (Phi) is 12.1. The molecule has 5 aromatic rings. The highest BCUT2D eigenvalue weighted by molar-refractivity contribution is 7.93. The third-order valence-corrected chi connectivity index (χ3v) is 14.7. The van der Waals surface area contributed by atoms with Gasteiger partial charge in [0.1, 0.15) is 29.0 Å². The van der Waals surface area contributed by atoms with E-state index in [9.17, 15) is 34.8 Å². The average molecular weight is 861 g/mol. The van der Waals surface area contributed by atoms with Crippen LogP contribution in [0.3, 0.4) is 0 Å². The Labute approximate surface area is 344 Å².